The fourth-order valence-electron chi connectivity index (χ4n) is 4.08. The third-order valence-electron chi connectivity index (χ3n) is 5.56. The molecule has 0 amide bonds. The monoisotopic (exact) mass is 373 g/mol. The van der Waals surface area contributed by atoms with Gasteiger partial charge in [-0.1, -0.05) is 12.1 Å². The summed E-state index contributed by atoms with van der Waals surface area (Å²) in [6.45, 7) is 12.9. The molecule has 0 atom stereocenters. The zero-order valence-electron chi connectivity index (χ0n) is 16.1. The summed E-state index contributed by atoms with van der Waals surface area (Å²) >= 11 is 2.09. The van der Waals surface area contributed by atoms with Gasteiger partial charge in [0.05, 0.1) is 5.52 Å². The lowest BCUT2D eigenvalue weighted by atomic mass is 10.2. The number of unbranched alkanes of at least 4 members (excludes halogenated alkanes) is 1. The number of benzene rings is 1. The van der Waals surface area contributed by atoms with E-state index in [0.717, 1.165) is 37.5 Å². The molecule has 2 aliphatic rings. The van der Waals surface area contributed by atoms with Crippen LogP contribution in [0.15, 0.2) is 24.3 Å². The maximum atomic E-state index is 4.55. The molecular formula is C20H31N5S. The van der Waals surface area contributed by atoms with Crippen molar-refractivity contribution in [3.05, 3.63) is 24.3 Å². The number of para-hydroxylation sites is 1. The summed E-state index contributed by atoms with van der Waals surface area (Å²) < 4.78 is 0.451. The van der Waals surface area contributed by atoms with Crippen LogP contribution in [0.2, 0.25) is 0 Å². The van der Waals surface area contributed by atoms with E-state index in [4.69, 9.17) is 0 Å². The number of thioether (sulfide) groups is 1. The number of rotatable bonds is 6. The van der Waals surface area contributed by atoms with Crippen molar-refractivity contribution in [1.29, 1.82) is 0 Å². The van der Waals surface area contributed by atoms with Gasteiger partial charge < -0.3 is 4.90 Å². The fraction of sp³-hybridized carbons (Fsp3) is 0.650. The largest absolute Gasteiger partial charge is 0.352 e. The number of hydrogen-bond donors (Lipinski definition) is 1. The molecule has 142 valence electrons. The molecule has 3 heterocycles. The van der Waals surface area contributed by atoms with E-state index >= 15 is 0 Å². The number of fused-ring (bicyclic) bond motifs is 1. The van der Waals surface area contributed by atoms with Crippen molar-refractivity contribution in [2.45, 2.75) is 31.4 Å². The molecule has 0 spiro atoms. The number of nitrogens with zero attached hydrogens (tertiary/aromatic N) is 4. The molecule has 5 nitrogen and oxygen atoms in total. The van der Waals surface area contributed by atoms with Gasteiger partial charge >= 0.3 is 0 Å². The first-order valence-electron chi connectivity index (χ1n) is 9.87. The van der Waals surface area contributed by atoms with Crippen LogP contribution in [0.1, 0.15) is 26.7 Å². The van der Waals surface area contributed by atoms with Crippen molar-refractivity contribution in [3.63, 3.8) is 0 Å². The molecule has 0 unspecified atom stereocenters. The van der Waals surface area contributed by atoms with E-state index in [1.54, 1.807) is 0 Å². The molecule has 1 N–H and O–H groups in total. The SMILES string of the molecule is CC1(C)CN(CCCCN2CCN(c3n[nH]c4ccccc34)CC2)CS1. The lowest BCUT2D eigenvalue weighted by molar-refractivity contribution is 0.242. The second-order valence-corrected chi connectivity index (χ2v) is 9.87. The quantitative estimate of drug-likeness (QED) is 0.787. The van der Waals surface area contributed by atoms with Crippen molar-refractivity contribution in [2.75, 3.05) is 56.6 Å². The number of hydrogen-bond acceptors (Lipinski definition) is 5. The summed E-state index contributed by atoms with van der Waals surface area (Å²) in [5, 5.41) is 8.95. The van der Waals surface area contributed by atoms with Crippen LogP contribution in [0.5, 0.6) is 0 Å². The van der Waals surface area contributed by atoms with E-state index in [0.29, 0.717) is 4.75 Å². The number of H-pyrrole nitrogens is 1. The molecule has 2 aliphatic heterocycles. The van der Waals surface area contributed by atoms with E-state index < -0.39 is 0 Å². The second-order valence-electron chi connectivity index (χ2n) is 8.21. The van der Waals surface area contributed by atoms with Crippen LogP contribution in [0.4, 0.5) is 5.82 Å². The molecule has 0 aliphatic carbocycles. The molecule has 1 aromatic carbocycles. The predicted molar refractivity (Wildman–Crippen MR) is 112 cm³/mol. The Labute approximate surface area is 161 Å². The topological polar surface area (TPSA) is 38.4 Å². The molecule has 0 radical (unpaired) electrons. The third-order valence-corrected chi connectivity index (χ3v) is 6.97. The first-order valence-corrected chi connectivity index (χ1v) is 10.9. The van der Waals surface area contributed by atoms with Gasteiger partial charge in [-0.25, -0.2) is 0 Å². The minimum absolute atomic E-state index is 0.451. The van der Waals surface area contributed by atoms with Crippen molar-refractivity contribution in [2.24, 2.45) is 0 Å². The molecule has 0 bridgehead atoms. The Morgan fingerprint density at radius 3 is 2.50 bits per heavy atom. The maximum Gasteiger partial charge on any atom is 0.158 e. The highest BCUT2D eigenvalue weighted by molar-refractivity contribution is 8.00. The van der Waals surface area contributed by atoms with Crippen LogP contribution in [0.25, 0.3) is 10.9 Å². The number of anilines is 1. The van der Waals surface area contributed by atoms with Crippen LogP contribution in [0.3, 0.4) is 0 Å². The molecule has 0 saturated carbocycles. The Morgan fingerprint density at radius 1 is 1.04 bits per heavy atom. The molecule has 4 rings (SSSR count). The Hall–Kier alpha value is -1.24. The number of aromatic nitrogens is 2. The van der Waals surface area contributed by atoms with Crippen molar-refractivity contribution in [1.82, 2.24) is 20.0 Å². The van der Waals surface area contributed by atoms with Crippen LogP contribution in [-0.4, -0.2) is 76.4 Å². The lowest BCUT2D eigenvalue weighted by Crippen LogP contribution is -2.46. The first kappa shape index (κ1) is 18.1. The zero-order chi connectivity index (χ0) is 18.0. The van der Waals surface area contributed by atoms with Gasteiger partial charge in [-0.05, 0) is 51.9 Å². The molecule has 2 aromatic rings. The van der Waals surface area contributed by atoms with Crippen LogP contribution in [-0.2, 0) is 0 Å². The van der Waals surface area contributed by atoms with Gasteiger partial charge in [-0.15, -0.1) is 11.8 Å². The fourth-order valence-corrected chi connectivity index (χ4v) is 5.11. The van der Waals surface area contributed by atoms with Gasteiger partial charge in [0.25, 0.3) is 0 Å². The lowest BCUT2D eigenvalue weighted by Gasteiger charge is -2.35. The summed E-state index contributed by atoms with van der Waals surface area (Å²) in [5.74, 6) is 2.33. The summed E-state index contributed by atoms with van der Waals surface area (Å²) in [5.41, 5.74) is 1.13. The van der Waals surface area contributed by atoms with Gasteiger partial charge in [0.2, 0.25) is 0 Å². The van der Waals surface area contributed by atoms with Crippen LogP contribution < -0.4 is 4.90 Å². The van der Waals surface area contributed by atoms with E-state index in [-0.39, 0.29) is 0 Å². The van der Waals surface area contributed by atoms with Gasteiger partial charge in [-0.3, -0.25) is 14.9 Å². The molecule has 26 heavy (non-hydrogen) atoms. The van der Waals surface area contributed by atoms with E-state index in [1.807, 2.05) is 0 Å². The third kappa shape index (κ3) is 4.18. The smallest absolute Gasteiger partial charge is 0.158 e. The number of piperazine rings is 1. The summed E-state index contributed by atoms with van der Waals surface area (Å²) in [6.07, 6.45) is 2.63. The number of nitrogens with one attached hydrogen (secondary N) is 1. The summed E-state index contributed by atoms with van der Waals surface area (Å²) in [6, 6.07) is 8.42. The van der Waals surface area contributed by atoms with Gasteiger partial charge in [-0.2, -0.15) is 5.10 Å². The highest BCUT2D eigenvalue weighted by Gasteiger charge is 2.29. The minimum atomic E-state index is 0.451. The Kier molecular flexibility index (Phi) is 5.43. The van der Waals surface area contributed by atoms with Gasteiger partial charge in [0, 0.05) is 48.7 Å². The average Bonchev–Trinajstić information content (AvgIpc) is 3.22. The van der Waals surface area contributed by atoms with Crippen LogP contribution >= 0.6 is 11.8 Å². The molecule has 6 heteroatoms. The highest BCUT2D eigenvalue weighted by atomic mass is 32.2. The van der Waals surface area contributed by atoms with E-state index in [2.05, 4.69) is 74.8 Å². The van der Waals surface area contributed by atoms with Gasteiger partial charge in [0.1, 0.15) is 0 Å². The zero-order valence-corrected chi connectivity index (χ0v) is 16.9. The summed E-state index contributed by atoms with van der Waals surface area (Å²) in [7, 11) is 0. The van der Waals surface area contributed by atoms with E-state index in [9.17, 15) is 0 Å². The molecular weight excluding hydrogens is 342 g/mol. The predicted octanol–water partition coefficient (Wildman–Crippen LogP) is 3.25. The molecule has 2 fully saturated rings. The van der Waals surface area contributed by atoms with Crippen molar-refractivity contribution >= 4 is 28.5 Å². The number of aromatic amines is 1. The molecule has 1 aromatic heterocycles. The Balaban J connectivity index is 1.18. The van der Waals surface area contributed by atoms with Gasteiger partial charge in [0.15, 0.2) is 5.82 Å². The van der Waals surface area contributed by atoms with E-state index in [1.165, 1.54) is 43.7 Å². The maximum absolute atomic E-state index is 4.55. The highest BCUT2D eigenvalue weighted by Crippen LogP contribution is 2.33. The Bertz CT molecular complexity index is 720. The van der Waals surface area contributed by atoms with Crippen molar-refractivity contribution < 1.29 is 0 Å². The summed E-state index contributed by atoms with van der Waals surface area (Å²) in [4.78, 5) is 7.66. The minimum Gasteiger partial charge on any atom is -0.352 e. The second kappa shape index (κ2) is 7.79. The normalized spacial score (nSPS) is 21.7. The van der Waals surface area contributed by atoms with Crippen LogP contribution in [0, 0.1) is 0 Å². The average molecular weight is 374 g/mol. The van der Waals surface area contributed by atoms with Crippen molar-refractivity contribution in [3.8, 4) is 0 Å². The standard InChI is InChI=1S/C20H31N5S/c1-20(2)15-24(16-26-20)10-6-5-9-23-11-13-25(14-12-23)19-17-7-3-4-8-18(17)21-22-19/h3-4,7-8H,5-6,9-16H2,1-2H3,(H,21,22). The molecule has 2 saturated heterocycles. The Morgan fingerprint density at radius 2 is 1.77 bits per heavy atom. The first-order chi connectivity index (χ1) is 12.6.